The van der Waals surface area contributed by atoms with Gasteiger partial charge in [0.15, 0.2) is 0 Å². The van der Waals surface area contributed by atoms with Gasteiger partial charge in [-0.05, 0) is 26.3 Å². The number of amides is 1. The van der Waals surface area contributed by atoms with Crippen molar-refractivity contribution in [3.8, 4) is 0 Å². The topological polar surface area (TPSA) is 54.5 Å². The van der Waals surface area contributed by atoms with Crippen molar-refractivity contribution in [1.82, 2.24) is 9.88 Å². The molecule has 2 unspecified atom stereocenters. The monoisotopic (exact) mass is 311 g/mol. The summed E-state index contributed by atoms with van der Waals surface area (Å²) in [5.41, 5.74) is 0.522. The van der Waals surface area contributed by atoms with Gasteiger partial charge >= 0.3 is 0 Å². The van der Waals surface area contributed by atoms with Gasteiger partial charge in [0, 0.05) is 19.3 Å². The first-order chi connectivity index (χ1) is 10.1. The van der Waals surface area contributed by atoms with Crippen LogP contribution in [0.5, 0.6) is 0 Å². The van der Waals surface area contributed by atoms with E-state index in [-0.39, 0.29) is 18.1 Å². The molecule has 21 heavy (non-hydrogen) atoms. The van der Waals surface area contributed by atoms with Crippen LogP contribution in [0.3, 0.4) is 0 Å². The molecule has 0 aliphatic carbocycles. The van der Waals surface area contributed by atoms with Crippen molar-refractivity contribution >= 4 is 23.3 Å². The fraction of sp³-hybridized carbons (Fsp3) is 0.600. The number of nitrogens with one attached hydrogen (secondary N) is 1. The van der Waals surface area contributed by atoms with Gasteiger partial charge < -0.3 is 15.0 Å². The molecule has 5 nitrogen and oxygen atoms in total. The summed E-state index contributed by atoms with van der Waals surface area (Å²) in [6.07, 6.45) is 2.51. The normalized spacial score (nSPS) is 22.2. The number of hydrogen-bond donors (Lipinski definition) is 1. The summed E-state index contributed by atoms with van der Waals surface area (Å²) in [7, 11) is 0. The SMILES string of the molecule is CCNc1ncc(C(=O)N2CC(C)OCC2CC)cc1Cl. The van der Waals surface area contributed by atoms with Gasteiger partial charge in [-0.15, -0.1) is 0 Å². The molecule has 0 saturated carbocycles. The van der Waals surface area contributed by atoms with Crippen LogP contribution in [0.15, 0.2) is 12.3 Å². The zero-order chi connectivity index (χ0) is 15.4. The number of rotatable bonds is 4. The highest BCUT2D eigenvalue weighted by Gasteiger charge is 2.30. The summed E-state index contributed by atoms with van der Waals surface area (Å²) in [4.78, 5) is 18.8. The summed E-state index contributed by atoms with van der Waals surface area (Å²) >= 11 is 6.17. The molecule has 2 atom stereocenters. The summed E-state index contributed by atoms with van der Waals surface area (Å²) < 4.78 is 5.63. The number of hydrogen-bond acceptors (Lipinski definition) is 4. The largest absolute Gasteiger partial charge is 0.375 e. The average Bonchev–Trinajstić information content (AvgIpc) is 2.48. The van der Waals surface area contributed by atoms with Crippen LogP contribution in [0.25, 0.3) is 0 Å². The average molecular weight is 312 g/mol. The summed E-state index contributed by atoms with van der Waals surface area (Å²) in [6, 6.07) is 1.79. The molecule has 1 fully saturated rings. The quantitative estimate of drug-likeness (QED) is 0.929. The number of aromatic nitrogens is 1. The van der Waals surface area contributed by atoms with E-state index in [2.05, 4.69) is 17.2 Å². The maximum absolute atomic E-state index is 12.7. The first-order valence-electron chi connectivity index (χ1n) is 7.38. The van der Waals surface area contributed by atoms with Gasteiger partial charge in [0.05, 0.1) is 29.3 Å². The first-order valence-corrected chi connectivity index (χ1v) is 7.76. The zero-order valence-electron chi connectivity index (χ0n) is 12.7. The maximum Gasteiger partial charge on any atom is 0.255 e. The Morgan fingerprint density at radius 3 is 2.95 bits per heavy atom. The van der Waals surface area contributed by atoms with E-state index in [9.17, 15) is 4.79 Å². The predicted octanol–water partition coefficient (Wildman–Crippen LogP) is 2.81. The number of pyridine rings is 1. The standard InChI is InChI=1S/C15H22ClN3O2/c1-4-12-9-21-10(3)8-19(12)15(20)11-6-13(16)14(17-5-2)18-7-11/h6-7,10,12H,4-5,8-9H2,1-3H3,(H,17,18). The van der Waals surface area contributed by atoms with E-state index in [0.29, 0.717) is 29.6 Å². The first kappa shape index (κ1) is 16.0. The Morgan fingerprint density at radius 1 is 1.57 bits per heavy atom. The molecule has 6 heteroatoms. The third-order valence-corrected chi connectivity index (χ3v) is 3.92. The van der Waals surface area contributed by atoms with E-state index >= 15 is 0 Å². The molecule has 1 aromatic rings. The molecule has 0 aromatic carbocycles. The Hall–Kier alpha value is -1.33. The lowest BCUT2D eigenvalue weighted by Crippen LogP contribution is -2.51. The van der Waals surface area contributed by atoms with Gasteiger partial charge in [-0.1, -0.05) is 18.5 Å². The molecule has 1 saturated heterocycles. The van der Waals surface area contributed by atoms with Crippen molar-refractivity contribution < 1.29 is 9.53 Å². The summed E-state index contributed by atoms with van der Waals surface area (Å²) in [5, 5.41) is 3.53. The minimum Gasteiger partial charge on any atom is -0.375 e. The second kappa shape index (κ2) is 7.09. The van der Waals surface area contributed by atoms with Crippen LogP contribution in [0, 0.1) is 0 Å². The van der Waals surface area contributed by atoms with Crippen molar-refractivity contribution in [1.29, 1.82) is 0 Å². The highest BCUT2D eigenvalue weighted by Crippen LogP contribution is 2.23. The van der Waals surface area contributed by atoms with Gasteiger partial charge in [-0.25, -0.2) is 4.98 Å². The maximum atomic E-state index is 12.7. The molecule has 1 aliphatic rings. The lowest BCUT2D eigenvalue weighted by atomic mass is 10.1. The number of carbonyl (C=O) groups is 1. The van der Waals surface area contributed by atoms with Crippen LogP contribution in [0.4, 0.5) is 5.82 Å². The minimum absolute atomic E-state index is 0.0329. The molecule has 2 heterocycles. The van der Waals surface area contributed by atoms with E-state index < -0.39 is 0 Å². The van der Waals surface area contributed by atoms with E-state index in [1.54, 1.807) is 12.3 Å². The van der Waals surface area contributed by atoms with Crippen LogP contribution in [-0.4, -0.2) is 47.6 Å². The van der Waals surface area contributed by atoms with Gasteiger partial charge in [0.25, 0.3) is 5.91 Å². The van der Waals surface area contributed by atoms with Crippen LogP contribution < -0.4 is 5.32 Å². The Bertz CT molecular complexity index is 510. The Kier molecular flexibility index (Phi) is 5.42. The van der Waals surface area contributed by atoms with E-state index in [1.165, 1.54) is 0 Å². The van der Waals surface area contributed by atoms with Crippen molar-refractivity contribution in [2.24, 2.45) is 0 Å². The fourth-order valence-corrected chi connectivity index (χ4v) is 2.68. The molecule has 1 aromatic heterocycles. The molecule has 1 amide bonds. The molecular weight excluding hydrogens is 290 g/mol. The van der Waals surface area contributed by atoms with Crippen molar-refractivity contribution in [2.45, 2.75) is 39.3 Å². The van der Waals surface area contributed by atoms with Crippen molar-refractivity contribution in [3.63, 3.8) is 0 Å². The third-order valence-electron chi connectivity index (χ3n) is 3.63. The second-order valence-corrected chi connectivity index (χ2v) is 5.66. The van der Waals surface area contributed by atoms with E-state index in [4.69, 9.17) is 16.3 Å². The van der Waals surface area contributed by atoms with Gasteiger partial charge in [-0.3, -0.25) is 4.79 Å². The Morgan fingerprint density at radius 2 is 2.33 bits per heavy atom. The fourth-order valence-electron chi connectivity index (χ4n) is 2.45. The lowest BCUT2D eigenvalue weighted by Gasteiger charge is -2.38. The number of carbonyl (C=O) groups excluding carboxylic acids is 1. The number of halogens is 1. The van der Waals surface area contributed by atoms with Gasteiger partial charge in [0.2, 0.25) is 0 Å². The van der Waals surface area contributed by atoms with E-state index in [1.807, 2.05) is 18.7 Å². The molecule has 1 N–H and O–H groups in total. The molecule has 1 aliphatic heterocycles. The molecule has 116 valence electrons. The molecule has 2 rings (SSSR count). The summed E-state index contributed by atoms with van der Waals surface area (Å²) in [6.45, 7) is 7.93. The van der Waals surface area contributed by atoms with E-state index in [0.717, 1.165) is 13.0 Å². The van der Waals surface area contributed by atoms with Crippen molar-refractivity contribution in [3.05, 3.63) is 22.8 Å². The molecule has 0 radical (unpaired) electrons. The van der Waals surface area contributed by atoms with Crippen LogP contribution in [-0.2, 0) is 4.74 Å². The smallest absolute Gasteiger partial charge is 0.255 e. The Labute approximate surface area is 130 Å². The van der Waals surface area contributed by atoms with Crippen LogP contribution in [0.2, 0.25) is 5.02 Å². The predicted molar refractivity (Wildman–Crippen MR) is 83.9 cm³/mol. The summed E-state index contributed by atoms with van der Waals surface area (Å²) in [5.74, 6) is 0.576. The molecule has 0 spiro atoms. The second-order valence-electron chi connectivity index (χ2n) is 5.25. The number of anilines is 1. The van der Waals surface area contributed by atoms with Crippen molar-refractivity contribution in [2.75, 3.05) is 25.0 Å². The molecule has 0 bridgehead atoms. The van der Waals surface area contributed by atoms with Gasteiger partial charge in [0.1, 0.15) is 5.82 Å². The Balaban J connectivity index is 2.20. The number of nitrogens with zero attached hydrogens (tertiary/aromatic N) is 2. The molecular formula is C15H22ClN3O2. The van der Waals surface area contributed by atoms with Crippen LogP contribution in [0.1, 0.15) is 37.6 Å². The van der Waals surface area contributed by atoms with Crippen LogP contribution >= 0.6 is 11.6 Å². The number of ether oxygens (including phenoxy) is 1. The highest BCUT2D eigenvalue weighted by atomic mass is 35.5. The highest BCUT2D eigenvalue weighted by molar-refractivity contribution is 6.33. The number of morpholine rings is 1. The minimum atomic E-state index is -0.0329. The zero-order valence-corrected chi connectivity index (χ0v) is 13.5. The van der Waals surface area contributed by atoms with Gasteiger partial charge in [-0.2, -0.15) is 0 Å². The lowest BCUT2D eigenvalue weighted by molar-refractivity contribution is -0.0444. The third kappa shape index (κ3) is 3.66.